The number of hydrogen-bond donors (Lipinski definition) is 1. The lowest BCUT2D eigenvalue weighted by molar-refractivity contribution is -0.114. The summed E-state index contributed by atoms with van der Waals surface area (Å²) < 4.78 is 5.35. The second-order valence-corrected chi connectivity index (χ2v) is 3.65. The summed E-state index contributed by atoms with van der Waals surface area (Å²) in [6.07, 6.45) is 0. The number of nitrogens with one attached hydrogen (secondary N) is 1. The number of hydrogen-bond acceptors (Lipinski definition) is 3. The molecule has 1 aromatic carbocycles. The minimum atomic E-state index is -0.221. The van der Waals surface area contributed by atoms with E-state index in [-0.39, 0.29) is 17.6 Å². The summed E-state index contributed by atoms with van der Waals surface area (Å²) >= 11 is 5.48. The molecule has 1 rings (SSSR count). The lowest BCUT2D eigenvalue weighted by Gasteiger charge is -2.11. The number of ketones is 1. The van der Waals surface area contributed by atoms with Gasteiger partial charge in [0, 0.05) is 12.5 Å². The first-order valence-electron chi connectivity index (χ1n) is 5.22. The topological polar surface area (TPSA) is 55.4 Å². The average Bonchev–Trinajstić information content (AvgIpc) is 2.30. The molecule has 0 saturated carbocycles. The van der Waals surface area contributed by atoms with Crippen LogP contribution in [0.15, 0.2) is 18.2 Å². The van der Waals surface area contributed by atoms with Crippen LogP contribution in [0.4, 0.5) is 5.69 Å². The Balaban J connectivity index is 3.09. The zero-order valence-electron chi connectivity index (χ0n) is 9.75. The van der Waals surface area contributed by atoms with Gasteiger partial charge in [0.2, 0.25) is 5.91 Å². The van der Waals surface area contributed by atoms with Crippen LogP contribution in [0, 0.1) is 0 Å². The van der Waals surface area contributed by atoms with Crippen molar-refractivity contribution in [3.05, 3.63) is 23.8 Å². The van der Waals surface area contributed by atoms with Gasteiger partial charge in [-0.3, -0.25) is 9.59 Å². The van der Waals surface area contributed by atoms with E-state index >= 15 is 0 Å². The van der Waals surface area contributed by atoms with Crippen LogP contribution in [0.2, 0.25) is 0 Å². The third-order valence-corrected chi connectivity index (χ3v) is 2.28. The van der Waals surface area contributed by atoms with E-state index in [1.807, 2.05) is 6.92 Å². The Morgan fingerprint density at radius 2 is 2.12 bits per heavy atom. The molecule has 0 saturated heterocycles. The number of benzene rings is 1. The molecule has 0 unspecified atom stereocenters. The van der Waals surface area contributed by atoms with Crippen LogP contribution < -0.4 is 10.1 Å². The fraction of sp³-hybridized carbons (Fsp3) is 0.333. The zero-order valence-corrected chi connectivity index (χ0v) is 10.5. The van der Waals surface area contributed by atoms with Crippen LogP contribution >= 0.6 is 11.6 Å². The number of ether oxygens (including phenoxy) is 1. The number of amides is 1. The zero-order chi connectivity index (χ0) is 12.8. The first kappa shape index (κ1) is 13.5. The highest BCUT2D eigenvalue weighted by molar-refractivity contribution is 6.30. The Morgan fingerprint density at radius 1 is 1.41 bits per heavy atom. The molecule has 0 aliphatic rings. The van der Waals surface area contributed by atoms with Gasteiger partial charge in [-0.25, -0.2) is 0 Å². The molecule has 0 heterocycles. The molecular weight excluding hydrogens is 242 g/mol. The Bertz CT molecular complexity index is 432. The third kappa shape index (κ3) is 3.75. The minimum absolute atomic E-state index is 0.0898. The number of Topliss-reactive ketones (excluding diaryl/α,β-unsaturated/α-hetero) is 1. The van der Waals surface area contributed by atoms with Crippen molar-refractivity contribution in [2.45, 2.75) is 13.8 Å². The van der Waals surface area contributed by atoms with Crippen molar-refractivity contribution in [3.8, 4) is 5.75 Å². The summed E-state index contributed by atoms with van der Waals surface area (Å²) in [5.41, 5.74) is 0.933. The summed E-state index contributed by atoms with van der Waals surface area (Å²) in [6, 6.07) is 4.84. The van der Waals surface area contributed by atoms with E-state index in [0.717, 1.165) is 0 Å². The smallest absolute Gasteiger partial charge is 0.221 e. The van der Waals surface area contributed by atoms with Crippen LogP contribution in [-0.4, -0.2) is 24.2 Å². The molecule has 0 bridgehead atoms. The molecule has 1 amide bonds. The second kappa shape index (κ2) is 6.25. The molecule has 4 nitrogen and oxygen atoms in total. The molecule has 0 radical (unpaired) electrons. The fourth-order valence-electron chi connectivity index (χ4n) is 1.35. The molecule has 1 aromatic rings. The van der Waals surface area contributed by atoms with E-state index in [2.05, 4.69) is 5.32 Å². The van der Waals surface area contributed by atoms with Gasteiger partial charge >= 0.3 is 0 Å². The maximum absolute atomic E-state index is 11.4. The number of anilines is 1. The number of rotatable bonds is 5. The molecule has 0 aliphatic heterocycles. The van der Waals surface area contributed by atoms with Gasteiger partial charge < -0.3 is 10.1 Å². The van der Waals surface area contributed by atoms with Gasteiger partial charge in [0.1, 0.15) is 5.75 Å². The highest BCUT2D eigenvalue weighted by Crippen LogP contribution is 2.26. The molecule has 92 valence electrons. The van der Waals surface area contributed by atoms with Crippen LogP contribution in [0.25, 0.3) is 0 Å². The lowest BCUT2D eigenvalue weighted by atomic mass is 10.1. The van der Waals surface area contributed by atoms with Crippen LogP contribution in [0.3, 0.4) is 0 Å². The molecule has 5 heteroatoms. The molecule has 0 fully saturated rings. The predicted molar refractivity (Wildman–Crippen MR) is 67.0 cm³/mol. The van der Waals surface area contributed by atoms with Gasteiger partial charge in [-0.15, -0.1) is 11.6 Å². The molecule has 17 heavy (non-hydrogen) atoms. The summed E-state index contributed by atoms with van der Waals surface area (Å²) in [4.78, 5) is 22.5. The SMILES string of the molecule is CCOc1ccc(C(=O)CCl)cc1NC(C)=O. The Morgan fingerprint density at radius 3 is 2.65 bits per heavy atom. The summed E-state index contributed by atoms with van der Waals surface area (Å²) in [6.45, 7) is 3.72. The van der Waals surface area contributed by atoms with Crippen molar-refractivity contribution in [2.24, 2.45) is 0 Å². The van der Waals surface area contributed by atoms with E-state index in [1.54, 1.807) is 18.2 Å². The molecule has 1 N–H and O–H groups in total. The molecule has 0 spiro atoms. The maximum Gasteiger partial charge on any atom is 0.221 e. The first-order chi connectivity index (χ1) is 8.08. The van der Waals surface area contributed by atoms with Gasteiger partial charge in [0.15, 0.2) is 5.78 Å². The Hall–Kier alpha value is -1.55. The third-order valence-electron chi connectivity index (χ3n) is 2.03. The monoisotopic (exact) mass is 255 g/mol. The van der Waals surface area contributed by atoms with Crippen molar-refractivity contribution in [1.29, 1.82) is 0 Å². The van der Waals surface area contributed by atoms with Crippen molar-refractivity contribution in [2.75, 3.05) is 17.8 Å². The van der Waals surface area contributed by atoms with Gasteiger partial charge in [0.05, 0.1) is 18.2 Å². The summed E-state index contributed by atoms with van der Waals surface area (Å²) in [7, 11) is 0. The van der Waals surface area contributed by atoms with Crippen molar-refractivity contribution in [1.82, 2.24) is 0 Å². The molecule has 0 aliphatic carbocycles. The molecular formula is C12H14ClNO3. The quantitative estimate of drug-likeness (QED) is 0.650. The van der Waals surface area contributed by atoms with Crippen LogP contribution in [0.5, 0.6) is 5.75 Å². The molecule has 0 atom stereocenters. The van der Waals surface area contributed by atoms with Gasteiger partial charge in [0.25, 0.3) is 0 Å². The lowest BCUT2D eigenvalue weighted by Crippen LogP contribution is -2.09. The first-order valence-corrected chi connectivity index (χ1v) is 5.75. The van der Waals surface area contributed by atoms with Crippen molar-refractivity contribution < 1.29 is 14.3 Å². The summed E-state index contributed by atoms with van der Waals surface area (Å²) in [5, 5.41) is 2.62. The van der Waals surface area contributed by atoms with Gasteiger partial charge in [-0.1, -0.05) is 0 Å². The maximum atomic E-state index is 11.4. The number of halogens is 1. The van der Waals surface area contributed by atoms with Crippen molar-refractivity contribution in [3.63, 3.8) is 0 Å². The highest BCUT2D eigenvalue weighted by atomic mass is 35.5. The summed E-state index contributed by atoms with van der Waals surface area (Å²) in [5.74, 6) is 0.0320. The molecule has 0 aromatic heterocycles. The van der Waals surface area contributed by atoms with Crippen molar-refractivity contribution >= 4 is 29.0 Å². The standard InChI is InChI=1S/C12H14ClNO3/c1-3-17-12-5-4-9(11(16)7-13)6-10(12)14-8(2)15/h4-6H,3,7H2,1-2H3,(H,14,15). The number of carbonyl (C=O) groups excluding carboxylic acids is 2. The van der Waals surface area contributed by atoms with E-state index < -0.39 is 0 Å². The van der Waals surface area contributed by atoms with E-state index in [1.165, 1.54) is 6.92 Å². The normalized spacial score (nSPS) is 9.82. The highest BCUT2D eigenvalue weighted by Gasteiger charge is 2.10. The fourth-order valence-corrected chi connectivity index (χ4v) is 1.50. The largest absolute Gasteiger partial charge is 0.492 e. The predicted octanol–water partition coefficient (Wildman–Crippen LogP) is 2.47. The van der Waals surface area contributed by atoms with E-state index in [0.29, 0.717) is 23.6 Å². The average molecular weight is 256 g/mol. The Labute approximate surface area is 105 Å². The van der Waals surface area contributed by atoms with E-state index in [4.69, 9.17) is 16.3 Å². The van der Waals surface area contributed by atoms with Gasteiger partial charge in [-0.2, -0.15) is 0 Å². The number of alkyl halides is 1. The van der Waals surface area contributed by atoms with Crippen LogP contribution in [-0.2, 0) is 4.79 Å². The van der Waals surface area contributed by atoms with Crippen LogP contribution in [0.1, 0.15) is 24.2 Å². The Kier molecular flexibility index (Phi) is 4.97. The number of carbonyl (C=O) groups is 2. The van der Waals surface area contributed by atoms with E-state index in [9.17, 15) is 9.59 Å². The minimum Gasteiger partial charge on any atom is -0.492 e. The second-order valence-electron chi connectivity index (χ2n) is 3.38. The van der Waals surface area contributed by atoms with Gasteiger partial charge in [-0.05, 0) is 25.1 Å².